The van der Waals surface area contributed by atoms with E-state index < -0.39 is 11.9 Å². The van der Waals surface area contributed by atoms with Gasteiger partial charge in [-0.25, -0.2) is 0 Å². The molecule has 0 heterocycles. The van der Waals surface area contributed by atoms with E-state index in [1.54, 1.807) is 19.1 Å². The number of halogens is 1. The van der Waals surface area contributed by atoms with Crippen molar-refractivity contribution in [1.29, 1.82) is 0 Å². The number of aryl methyl sites for hydroxylation is 1. The third-order valence-corrected chi connectivity index (χ3v) is 1.87. The molecule has 0 atom stereocenters. The van der Waals surface area contributed by atoms with E-state index in [1.807, 2.05) is 0 Å². The monoisotopic (exact) mass is 212 g/mol. The summed E-state index contributed by atoms with van der Waals surface area (Å²) in [4.78, 5) is 20.9. The Balaban J connectivity index is 2.91. The van der Waals surface area contributed by atoms with Crippen molar-refractivity contribution < 1.29 is 14.7 Å². The number of hydrogen-bond donors (Lipinski definition) is 1. The van der Waals surface area contributed by atoms with Crippen molar-refractivity contribution in [3.8, 4) is 0 Å². The van der Waals surface area contributed by atoms with Crippen molar-refractivity contribution >= 4 is 29.2 Å². The van der Waals surface area contributed by atoms with Crippen LogP contribution in [0.15, 0.2) is 18.2 Å². The average molecular weight is 213 g/mol. The van der Waals surface area contributed by atoms with Crippen molar-refractivity contribution in [3.63, 3.8) is 0 Å². The van der Waals surface area contributed by atoms with Crippen LogP contribution in [-0.2, 0) is 9.59 Å². The summed E-state index contributed by atoms with van der Waals surface area (Å²) in [5.41, 5.74) is 1.09. The van der Waals surface area contributed by atoms with Crippen LogP contribution >= 0.6 is 11.6 Å². The average Bonchev–Trinajstić information content (AvgIpc) is 2.11. The Hall–Kier alpha value is -1.55. The second kappa shape index (κ2) is 4.11. The summed E-state index contributed by atoms with van der Waals surface area (Å²) in [5.74, 6) is -2.96. The number of nitrogens with one attached hydrogen (secondary N) is 1. The summed E-state index contributed by atoms with van der Waals surface area (Å²) in [7, 11) is 0. The summed E-state index contributed by atoms with van der Waals surface area (Å²) in [6.07, 6.45) is 0. The molecule has 0 spiro atoms. The summed E-state index contributed by atoms with van der Waals surface area (Å²) in [6, 6.07) is 4.79. The first-order chi connectivity index (χ1) is 6.50. The molecule has 0 aromatic heterocycles. The molecule has 74 valence electrons. The molecule has 0 bridgehead atoms. The first-order valence-corrected chi connectivity index (χ1v) is 4.17. The Morgan fingerprint density at radius 2 is 2.07 bits per heavy atom. The first kappa shape index (κ1) is 10.5. The number of rotatable bonds is 1. The lowest BCUT2D eigenvalue weighted by Gasteiger charge is -2.08. The number of carboxylic acids is 1. The van der Waals surface area contributed by atoms with Gasteiger partial charge in [-0.2, -0.15) is 0 Å². The van der Waals surface area contributed by atoms with E-state index >= 15 is 0 Å². The molecule has 0 aliphatic carbocycles. The van der Waals surface area contributed by atoms with Crippen molar-refractivity contribution in [2.75, 3.05) is 5.32 Å². The second-order valence-corrected chi connectivity index (χ2v) is 3.14. The van der Waals surface area contributed by atoms with Gasteiger partial charge in [-0.1, -0.05) is 17.7 Å². The lowest BCUT2D eigenvalue weighted by atomic mass is 10.2. The van der Waals surface area contributed by atoms with Gasteiger partial charge in [-0.05, 0) is 24.6 Å². The fourth-order valence-corrected chi connectivity index (χ4v) is 1.07. The summed E-state index contributed by atoms with van der Waals surface area (Å²) < 4.78 is 0. The molecule has 1 amide bonds. The summed E-state index contributed by atoms with van der Waals surface area (Å²) in [6.45, 7) is 1.72. The topological polar surface area (TPSA) is 69.2 Å². The highest BCUT2D eigenvalue weighted by atomic mass is 35.5. The molecule has 1 N–H and O–H groups in total. The number of benzene rings is 1. The Labute approximate surface area is 85.5 Å². The smallest absolute Gasteiger partial charge is 0.271 e. The van der Waals surface area contributed by atoms with Gasteiger partial charge in [0.05, 0.1) is 0 Å². The van der Waals surface area contributed by atoms with Crippen molar-refractivity contribution in [1.82, 2.24) is 0 Å². The van der Waals surface area contributed by atoms with Crippen molar-refractivity contribution in [2.45, 2.75) is 6.92 Å². The van der Waals surface area contributed by atoms with Crippen LogP contribution in [0.2, 0.25) is 5.02 Å². The quantitative estimate of drug-likeness (QED) is 0.683. The van der Waals surface area contributed by atoms with E-state index in [2.05, 4.69) is 5.32 Å². The van der Waals surface area contributed by atoms with E-state index in [4.69, 9.17) is 11.6 Å². The number of hydrogen-bond acceptors (Lipinski definition) is 3. The number of amides is 1. The Morgan fingerprint density at radius 3 is 2.64 bits per heavy atom. The molecule has 0 aliphatic heterocycles. The van der Waals surface area contributed by atoms with Crippen LogP contribution < -0.4 is 10.4 Å². The minimum Gasteiger partial charge on any atom is -0.540 e. The Bertz CT molecular complexity index is 390. The van der Waals surface area contributed by atoms with Gasteiger partial charge < -0.3 is 15.2 Å². The zero-order chi connectivity index (χ0) is 10.7. The molecular formula is C9H7ClNO3-. The Morgan fingerprint density at radius 1 is 1.43 bits per heavy atom. The standard InChI is InChI=1S/C9H8ClNO3/c1-5-2-3-6(10)4-7(5)11-8(12)9(13)14/h2-4H,1H3,(H,11,12)(H,13,14)/p-1. The maximum atomic E-state index is 10.8. The van der Waals surface area contributed by atoms with Crippen LogP contribution in [0.1, 0.15) is 5.56 Å². The van der Waals surface area contributed by atoms with Crippen LogP contribution in [0.25, 0.3) is 0 Å². The molecule has 0 unspecified atom stereocenters. The molecule has 1 rings (SSSR count). The lowest BCUT2D eigenvalue weighted by Crippen LogP contribution is -2.36. The summed E-state index contributed by atoms with van der Waals surface area (Å²) >= 11 is 5.67. The minimum atomic E-state index is -1.77. The van der Waals surface area contributed by atoms with E-state index in [9.17, 15) is 14.7 Å². The number of carbonyl (C=O) groups excluding carboxylic acids is 2. The first-order valence-electron chi connectivity index (χ1n) is 3.79. The molecule has 14 heavy (non-hydrogen) atoms. The molecule has 0 saturated carbocycles. The van der Waals surface area contributed by atoms with Gasteiger partial charge in [0, 0.05) is 10.7 Å². The van der Waals surface area contributed by atoms with Crippen molar-refractivity contribution in [2.24, 2.45) is 0 Å². The highest BCUT2D eigenvalue weighted by Gasteiger charge is 2.05. The molecule has 4 nitrogen and oxygen atoms in total. The van der Waals surface area contributed by atoms with Crippen molar-refractivity contribution in [3.05, 3.63) is 28.8 Å². The normalized spacial score (nSPS) is 9.57. The van der Waals surface area contributed by atoms with Gasteiger partial charge in [0.15, 0.2) is 0 Å². The number of carboxylic acid groups (broad SMARTS) is 1. The number of carbonyl (C=O) groups is 2. The number of aliphatic carboxylic acids is 1. The molecule has 0 fully saturated rings. The molecule has 0 saturated heterocycles. The molecular weight excluding hydrogens is 206 g/mol. The predicted molar refractivity (Wildman–Crippen MR) is 49.8 cm³/mol. The molecule has 1 aromatic carbocycles. The third-order valence-electron chi connectivity index (χ3n) is 1.63. The fourth-order valence-electron chi connectivity index (χ4n) is 0.902. The lowest BCUT2D eigenvalue weighted by molar-refractivity contribution is -0.299. The second-order valence-electron chi connectivity index (χ2n) is 2.70. The van der Waals surface area contributed by atoms with E-state index in [-0.39, 0.29) is 0 Å². The van der Waals surface area contributed by atoms with Gasteiger partial charge >= 0.3 is 0 Å². The predicted octanol–water partition coefficient (Wildman–Crippen LogP) is 0.337. The van der Waals surface area contributed by atoms with Gasteiger partial charge in [-0.3, -0.25) is 4.79 Å². The highest BCUT2D eigenvalue weighted by Crippen LogP contribution is 2.19. The van der Waals surface area contributed by atoms with Gasteiger partial charge in [0.2, 0.25) is 0 Å². The zero-order valence-corrected chi connectivity index (χ0v) is 8.09. The van der Waals surface area contributed by atoms with Crippen LogP contribution in [-0.4, -0.2) is 11.9 Å². The molecule has 0 aliphatic rings. The minimum absolute atomic E-state index is 0.367. The van der Waals surface area contributed by atoms with E-state index in [0.717, 1.165) is 5.56 Å². The Kier molecular flexibility index (Phi) is 3.09. The third kappa shape index (κ3) is 2.47. The van der Waals surface area contributed by atoms with Crippen LogP contribution in [0.3, 0.4) is 0 Å². The molecule has 5 heteroatoms. The molecule has 1 aromatic rings. The largest absolute Gasteiger partial charge is 0.540 e. The maximum Gasteiger partial charge on any atom is 0.271 e. The van der Waals surface area contributed by atoms with Crippen LogP contribution in [0.4, 0.5) is 5.69 Å². The highest BCUT2D eigenvalue weighted by molar-refractivity contribution is 6.36. The molecule has 0 radical (unpaired) electrons. The van der Waals surface area contributed by atoms with Gasteiger partial charge in [0.1, 0.15) is 5.97 Å². The number of anilines is 1. The zero-order valence-electron chi connectivity index (χ0n) is 7.33. The van der Waals surface area contributed by atoms with Crippen LogP contribution in [0.5, 0.6) is 0 Å². The fraction of sp³-hybridized carbons (Fsp3) is 0.111. The van der Waals surface area contributed by atoms with E-state index in [1.165, 1.54) is 6.07 Å². The van der Waals surface area contributed by atoms with Gasteiger partial charge in [-0.15, -0.1) is 0 Å². The van der Waals surface area contributed by atoms with Gasteiger partial charge in [0.25, 0.3) is 5.91 Å². The summed E-state index contributed by atoms with van der Waals surface area (Å²) in [5, 5.41) is 12.7. The maximum absolute atomic E-state index is 10.8. The SMILES string of the molecule is Cc1ccc(Cl)cc1NC(=O)C(=O)[O-]. The van der Waals surface area contributed by atoms with E-state index in [0.29, 0.717) is 10.7 Å². The van der Waals surface area contributed by atoms with Crippen LogP contribution in [0, 0.1) is 6.92 Å².